The lowest BCUT2D eigenvalue weighted by molar-refractivity contribution is 0.0695. The highest BCUT2D eigenvalue weighted by Gasteiger charge is 2.30. The molecule has 0 saturated carbocycles. The molecule has 4 aromatic rings. The Hall–Kier alpha value is -3.63. The Morgan fingerprint density at radius 3 is 2.63 bits per heavy atom. The molecule has 0 amide bonds. The third-order valence-electron chi connectivity index (χ3n) is 7.18. The Balaban J connectivity index is 1.39. The van der Waals surface area contributed by atoms with Crippen molar-refractivity contribution in [3.05, 3.63) is 113 Å². The monoisotopic (exact) mass is 465 g/mol. The van der Waals surface area contributed by atoms with Crippen LogP contribution >= 0.6 is 0 Å². The van der Waals surface area contributed by atoms with Gasteiger partial charge >= 0.3 is 5.97 Å². The van der Waals surface area contributed by atoms with Crippen LogP contribution in [0.15, 0.2) is 84.9 Å². The molecule has 0 aromatic heterocycles. The van der Waals surface area contributed by atoms with E-state index in [2.05, 4.69) is 66.8 Å². The molecular weight excluding hydrogens is 434 g/mol. The van der Waals surface area contributed by atoms with E-state index in [0.717, 1.165) is 28.9 Å². The zero-order chi connectivity index (χ0) is 24.4. The van der Waals surface area contributed by atoms with Crippen LogP contribution in [0.25, 0.3) is 10.8 Å². The first-order chi connectivity index (χ1) is 17.0. The third kappa shape index (κ3) is 4.67. The van der Waals surface area contributed by atoms with Gasteiger partial charge in [0, 0.05) is 24.1 Å². The number of carbonyl (C=O) groups is 1. The van der Waals surface area contributed by atoms with Gasteiger partial charge in [0.25, 0.3) is 0 Å². The van der Waals surface area contributed by atoms with Gasteiger partial charge in [-0.05, 0) is 59.4 Å². The molecule has 35 heavy (non-hydrogen) atoms. The summed E-state index contributed by atoms with van der Waals surface area (Å²) in [6.07, 6.45) is 1.47. The van der Waals surface area contributed by atoms with Crippen LogP contribution in [0.2, 0.25) is 0 Å². The van der Waals surface area contributed by atoms with E-state index in [1.54, 1.807) is 0 Å². The van der Waals surface area contributed by atoms with Crippen molar-refractivity contribution in [3.8, 4) is 5.75 Å². The van der Waals surface area contributed by atoms with Gasteiger partial charge in [-0.2, -0.15) is 0 Å². The molecule has 0 fully saturated rings. The van der Waals surface area contributed by atoms with Crippen LogP contribution in [0.4, 0.5) is 0 Å². The molecule has 4 heteroatoms. The van der Waals surface area contributed by atoms with Gasteiger partial charge in [-0.15, -0.1) is 0 Å². The fourth-order valence-electron chi connectivity index (χ4n) is 5.30. The Bertz CT molecular complexity index is 1360. The number of nitrogens with one attached hydrogen (secondary N) is 1. The number of para-hydroxylation sites is 1. The number of carboxylic acid groups (broad SMARTS) is 1. The molecule has 4 nitrogen and oxygen atoms in total. The standard InChI is InChI=1S/C31H31NO3/c1-3-21-15-16-23(17-29(21)31(33)34)28-18-24(35-30-14-7-6-12-27(28)30)19-32-20(2)25-13-8-10-22-9-4-5-11-26(22)25/h4-17,20,24,28,32H,3,18-19H2,1-2H3,(H,33,34)/t20?,24-,28+/m1/s1. The van der Waals surface area contributed by atoms with Gasteiger partial charge in [0.1, 0.15) is 11.9 Å². The lowest BCUT2D eigenvalue weighted by Gasteiger charge is -2.33. The Labute approximate surface area is 206 Å². The molecule has 0 radical (unpaired) electrons. The summed E-state index contributed by atoms with van der Waals surface area (Å²) >= 11 is 0. The minimum atomic E-state index is -0.869. The molecule has 1 aliphatic rings. The largest absolute Gasteiger partial charge is 0.489 e. The molecule has 178 valence electrons. The number of fused-ring (bicyclic) bond motifs is 2. The fourth-order valence-corrected chi connectivity index (χ4v) is 5.30. The van der Waals surface area contributed by atoms with Crippen LogP contribution in [-0.4, -0.2) is 23.7 Å². The Morgan fingerprint density at radius 2 is 1.80 bits per heavy atom. The van der Waals surface area contributed by atoms with Crippen LogP contribution < -0.4 is 10.1 Å². The Morgan fingerprint density at radius 1 is 1.03 bits per heavy atom. The smallest absolute Gasteiger partial charge is 0.335 e. The molecule has 0 spiro atoms. The van der Waals surface area contributed by atoms with E-state index in [1.807, 2.05) is 37.3 Å². The van der Waals surface area contributed by atoms with Crippen molar-refractivity contribution >= 4 is 16.7 Å². The zero-order valence-electron chi connectivity index (χ0n) is 20.2. The summed E-state index contributed by atoms with van der Waals surface area (Å²) in [7, 11) is 0. The predicted octanol–water partition coefficient (Wildman–Crippen LogP) is 6.73. The van der Waals surface area contributed by atoms with Crippen molar-refractivity contribution in [1.29, 1.82) is 0 Å². The number of carboxylic acids is 1. The summed E-state index contributed by atoms with van der Waals surface area (Å²) in [4.78, 5) is 11.9. The highest BCUT2D eigenvalue weighted by Crippen LogP contribution is 2.41. The summed E-state index contributed by atoms with van der Waals surface area (Å²) in [5, 5.41) is 16.0. The second kappa shape index (κ2) is 9.93. The van der Waals surface area contributed by atoms with Gasteiger partial charge in [-0.3, -0.25) is 0 Å². The van der Waals surface area contributed by atoms with Crippen molar-refractivity contribution in [2.75, 3.05) is 6.54 Å². The average Bonchev–Trinajstić information content (AvgIpc) is 2.90. The topological polar surface area (TPSA) is 58.6 Å². The van der Waals surface area contributed by atoms with Crippen LogP contribution in [-0.2, 0) is 6.42 Å². The summed E-state index contributed by atoms with van der Waals surface area (Å²) in [5.74, 6) is 0.0969. The lowest BCUT2D eigenvalue weighted by Crippen LogP contribution is -2.37. The van der Waals surface area contributed by atoms with Gasteiger partial charge in [0.2, 0.25) is 0 Å². The van der Waals surface area contributed by atoms with Gasteiger partial charge in [-0.25, -0.2) is 4.79 Å². The van der Waals surface area contributed by atoms with E-state index >= 15 is 0 Å². The van der Waals surface area contributed by atoms with E-state index in [0.29, 0.717) is 18.5 Å². The molecule has 1 heterocycles. The Kier molecular flexibility index (Phi) is 6.56. The number of aromatic carboxylic acids is 1. The summed E-state index contributed by atoms with van der Waals surface area (Å²) < 4.78 is 6.40. The number of benzene rings is 4. The van der Waals surface area contributed by atoms with Gasteiger partial charge in [-0.1, -0.05) is 79.7 Å². The van der Waals surface area contributed by atoms with E-state index < -0.39 is 5.97 Å². The fraction of sp³-hybridized carbons (Fsp3) is 0.258. The van der Waals surface area contributed by atoms with Gasteiger partial charge in [0.05, 0.1) is 5.56 Å². The molecule has 1 unspecified atom stereocenters. The maximum atomic E-state index is 11.9. The number of ether oxygens (including phenoxy) is 1. The summed E-state index contributed by atoms with van der Waals surface area (Å²) in [5.41, 5.74) is 4.68. The van der Waals surface area contributed by atoms with Crippen molar-refractivity contribution in [2.24, 2.45) is 0 Å². The average molecular weight is 466 g/mol. The van der Waals surface area contributed by atoms with Crippen molar-refractivity contribution in [1.82, 2.24) is 5.32 Å². The van der Waals surface area contributed by atoms with Crippen LogP contribution in [0.3, 0.4) is 0 Å². The molecular formula is C31H31NO3. The van der Waals surface area contributed by atoms with Crippen molar-refractivity contribution in [3.63, 3.8) is 0 Å². The second-order valence-electron chi connectivity index (χ2n) is 9.34. The van der Waals surface area contributed by atoms with Crippen molar-refractivity contribution < 1.29 is 14.6 Å². The molecule has 0 saturated heterocycles. The minimum Gasteiger partial charge on any atom is -0.489 e. The molecule has 0 bridgehead atoms. The summed E-state index contributed by atoms with van der Waals surface area (Å²) in [6.45, 7) is 4.89. The molecule has 1 aliphatic heterocycles. The van der Waals surface area contributed by atoms with E-state index in [1.165, 1.54) is 16.3 Å². The quantitative estimate of drug-likeness (QED) is 0.318. The van der Waals surface area contributed by atoms with E-state index in [-0.39, 0.29) is 18.1 Å². The highest BCUT2D eigenvalue weighted by molar-refractivity contribution is 5.89. The normalized spacial score (nSPS) is 18.0. The SMILES string of the molecule is CCc1ccc([C@@H]2C[C@H](CNC(C)c3cccc4ccccc34)Oc3ccccc32)cc1C(=O)O. The predicted molar refractivity (Wildman–Crippen MR) is 140 cm³/mol. The highest BCUT2D eigenvalue weighted by atomic mass is 16.5. The first-order valence-corrected chi connectivity index (χ1v) is 12.4. The minimum absolute atomic E-state index is 0.0218. The second-order valence-corrected chi connectivity index (χ2v) is 9.34. The van der Waals surface area contributed by atoms with Gasteiger partial charge < -0.3 is 15.2 Å². The first-order valence-electron chi connectivity index (χ1n) is 12.4. The van der Waals surface area contributed by atoms with Crippen LogP contribution in [0.5, 0.6) is 5.75 Å². The van der Waals surface area contributed by atoms with Gasteiger partial charge in [0.15, 0.2) is 0 Å². The maximum Gasteiger partial charge on any atom is 0.335 e. The van der Waals surface area contributed by atoms with Crippen molar-refractivity contribution in [2.45, 2.75) is 44.8 Å². The summed E-state index contributed by atoms with van der Waals surface area (Å²) in [6, 6.07) is 29.1. The molecule has 0 aliphatic carbocycles. The zero-order valence-corrected chi connectivity index (χ0v) is 20.2. The number of hydrogen-bond donors (Lipinski definition) is 2. The van der Waals surface area contributed by atoms with Crippen LogP contribution in [0.1, 0.15) is 64.8 Å². The maximum absolute atomic E-state index is 11.9. The van der Waals surface area contributed by atoms with Crippen LogP contribution in [0, 0.1) is 0 Å². The number of hydrogen-bond acceptors (Lipinski definition) is 3. The number of aryl methyl sites for hydroxylation is 1. The molecule has 3 atom stereocenters. The third-order valence-corrected chi connectivity index (χ3v) is 7.18. The first kappa shape index (κ1) is 23.1. The number of rotatable bonds is 7. The van der Waals surface area contributed by atoms with E-state index in [9.17, 15) is 9.90 Å². The van der Waals surface area contributed by atoms with E-state index in [4.69, 9.17) is 4.74 Å². The molecule has 4 aromatic carbocycles. The lowest BCUT2D eigenvalue weighted by atomic mass is 9.82. The molecule has 5 rings (SSSR count). The molecule has 2 N–H and O–H groups in total.